The first-order chi connectivity index (χ1) is 15.9. The maximum absolute atomic E-state index is 14.3. The Labute approximate surface area is 191 Å². The van der Waals surface area contributed by atoms with Crippen molar-refractivity contribution < 1.29 is 23.0 Å². The van der Waals surface area contributed by atoms with E-state index in [4.69, 9.17) is 9.47 Å². The van der Waals surface area contributed by atoms with E-state index in [1.807, 2.05) is 24.3 Å². The van der Waals surface area contributed by atoms with Crippen molar-refractivity contribution in [3.63, 3.8) is 0 Å². The number of carbonyl (C=O) groups excluding carboxylic acids is 1. The number of hydrogen-bond donors (Lipinski definition) is 0. The molecule has 0 spiro atoms. The van der Waals surface area contributed by atoms with Gasteiger partial charge in [-0.1, -0.05) is 18.2 Å². The highest BCUT2D eigenvalue weighted by atomic mass is 19.1. The number of benzene rings is 3. The summed E-state index contributed by atoms with van der Waals surface area (Å²) in [5, 5.41) is 0. The number of fused-ring (bicyclic) bond motifs is 2. The van der Waals surface area contributed by atoms with E-state index in [1.165, 1.54) is 12.1 Å². The molecule has 2 unspecified atom stereocenters. The zero-order valence-electron chi connectivity index (χ0n) is 18.4. The van der Waals surface area contributed by atoms with Crippen LogP contribution in [0.4, 0.5) is 8.78 Å². The Morgan fingerprint density at radius 2 is 1.85 bits per heavy atom. The van der Waals surface area contributed by atoms with Crippen molar-refractivity contribution in [2.75, 3.05) is 27.2 Å². The second kappa shape index (κ2) is 8.48. The third-order valence-electron chi connectivity index (χ3n) is 6.40. The third kappa shape index (κ3) is 4.04. The largest absolute Gasteiger partial charge is 0.497 e. The topological polar surface area (TPSA) is 42.0 Å². The molecule has 0 N–H and O–H groups in total. The predicted octanol–water partition coefficient (Wildman–Crippen LogP) is 4.36. The van der Waals surface area contributed by atoms with Crippen LogP contribution in [0, 0.1) is 11.6 Å². The van der Waals surface area contributed by atoms with Crippen LogP contribution < -0.4 is 9.47 Å². The molecular formula is C26H24F2N2O3. The van der Waals surface area contributed by atoms with E-state index in [0.717, 1.165) is 17.4 Å². The van der Waals surface area contributed by atoms with Gasteiger partial charge in [0.15, 0.2) is 0 Å². The minimum Gasteiger partial charge on any atom is -0.497 e. The van der Waals surface area contributed by atoms with E-state index in [2.05, 4.69) is 4.90 Å². The molecule has 33 heavy (non-hydrogen) atoms. The second-order valence-corrected chi connectivity index (χ2v) is 8.52. The zero-order chi connectivity index (χ0) is 23.1. The molecule has 2 heterocycles. The normalized spacial score (nSPS) is 20.1. The van der Waals surface area contributed by atoms with Crippen molar-refractivity contribution in [1.82, 2.24) is 9.80 Å². The quantitative estimate of drug-likeness (QED) is 0.593. The summed E-state index contributed by atoms with van der Waals surface area (Å²) >= 11 is 0. The van der Waals surface area contributed by atoms with Gasteiger partial charge in [-0.05, 0) is 47.5 Å². The summed E-state index contributed by atoms with van der Waals surface area (Å²) in [4.78, 5) is 17.2. The van der Waals surface area contributed by atoms with Crippen molar-refractivity contribution >= 4 is 5.91 Å². The smallest absolute Gasteiger partial charge is 0.257 e. The summed E-state index contributed by atoms with van der Waals surface area (Å²) in [5.74, 6) is -0.200. The minimum absolute atomic E-state index is 0.110. The van der Waals surface area contributed by atoms with Gasteiger partial charge in [-0.3, -0.25) is 9.69 Å². The van der Waals surface area contributed by atoms with Crippen molar-refractivity contribution in [3.8, 4) is 22.6 Å². The molecule has 3 aromatic carbocycles. The number of amides is 1. The van der Waals surface area contributed by atoms with Crippen LogP contribution in [0.15, 0.2) is 60.7 Å². The van der Waals surface area contributed by atoms with Gasteiger partial charge in [0.25, 0.3) is 5.91 Å². The molecule has 2 aliphatic heterocycles. The zero-order valence-corrected chi connectivity index (χ0v) is 18.4. The molecule has 0 aliphatic carbocycles. The molecular weight excluding hydrogens is 426 g/mol. The molecule has 0 bridgehead atoms. The molecule has 0 aromatic heterocycles. The minimum atomic E-state index is -0.657. The summed E-state index contributed by atoms with van der Waals surface area (Å²) < 4.78 is 39.3. The SMILES string of the molecule is COc1cccc(CN2CC3Oc4cc(-c5ccc(F)cc5F)ccc4C(=O)N(C)C3C2)c1. The molecule has 1 saturated heterocycles. The van der Waals surface area contributed by atoms with Crippen LogP contribution in [-0.2, 0) is 6.54 Å². The monoisotopic (exact) mass is 450 g/mol. The number of carbonyl (C=O) groups is 1. The van der Waals surface area contributed by atoms with Crippen LogP contribution in [0.5, 0.6) is 11.5 Å². The summed E-state index contributed by atoms with van der Waals surface area (Å²) in [7, 11) is 3.44. The number of likely N-dealkylation sites (tertiary alicyclic amines) is 1. The molecule has 2 atom stereocenters. The van der Waals surface area contributed by atoms with E-state index in [9.17, 15) is 13.6 Å². The highest BCUT2D eigenvalue weighted by molar-refractivity contribution is 5.98. The molecule has 5 nitrogen and oxygen atoms in total. The Kier molecular flexibility index (Phi) is 5.50. The molecule has 7 heteroatoms. The molecule has 0 saturated carbocycles. The fourth-order valence-electron chi connectivity index (χ4n) is 4.67. The first-order valence-corrected chi connectivity index (χ1v) is 10.8. The number of ether oxygens (including phenoxy) is 2. The summed E-state index contributed by atoms with van der Waals surface area (Å²) in [6, 6.07) is 16.3. The lowest BCUT2D eigenvalue weighted by Gasteiger charge is -2.25. The van der Waals surface area contributed by atoms with E-state index in [1.54, 1.807) is 37.3 Å². The van der Waals surface area contributed by atoms with Crippen LogP contribution in [-0.4, -0.2) is 55.1 Å². The first-order valence-electron chi connectivity index (χ1n) is 10.8. The van der Waals surface area contributed by atoms with Crippen molar-refractivity contribution in [2.45, 2.75) is 18.7 Å². The van der Waals surface area contributed by atoms with Crippen LogP contribution in [0.3, 0.4) is 0 Å². The van der Waals surface area contributed by atoms with Crippen molar-refractivity contribution in [3.05, 3.63) is 83.4 Å². The number of likely N-dealkylation sites (N-methyl/N-ethyl adjacent to an activating group) is 1. The van der Waals surface area contributed by atoms with Gasteiger partial charge >= 0.3 is 0 Å². The summed E-state index contributed by atoms with van der Waals surface area (Å²) in [5.41, 5.74) is 2.36. The third-order valence-corrected chi connectivity index (χ3v) is 6.40. The first kappa shape index (κ1) is 21.4. The lowest BCUT2D eigenvalue weighted by molar-refractivity contribution is 0.0682. The summed E-state index contributed by atoms with van der Waals surface area (Å²) in [6.45, 7) is 2.04. The molecule has 0 radical (unpaired) electrons. The lowest BCUT2D eigenvalue weighted by Crippen LogP contribution is -2.44. The highest BCUT2D eigenvalue weighted by Gasteiger charge is 2.42. The molecule has 2 aliphatic rings. The predicted molar refractivity (Wildman–Crippen MR) is 120 cm³/mol. The van der Waals surface area contributed by atoms with Gasteiger partial charge in [-0.15, -0.1) is 0 Å². The maximum atomic E-state index is 14.3. The van der Waals surface area contributed by atoms with Gasteiger partial charge < -0.3 is 14.4 Å². The lowest BCUT2D eigenvalue weighted by atomic mass is 10.0. The maximum Gasteiger partial charge on any atom is 0.257 e. The Morgan fingerprint density at radius 3 is 2.64 bits per heavy atom. The van der Waals surface area contributed by atoms with E-state index >= 15 is 0 Å². The fraction of sp³-hybridized carbons (Fsp3) is 0.269. The van der Waals surface area contributed by atoms with Gasteiger partial charge in [0.05, 0.1) is 18.7 Å². The van der Waals surface area contributed by atoms with Gasteiger partial charge in [0.1, 0.15) is 29.2 Å². The van der Waals surface area contributed by atoms with Gasteiger partial charge in [-0.25, -0.2) is 8.78 Å². The standard InChI is InChI=1S/C26H24F2N2O3/c1-29-23-14-30(13-16-4-3-5-19(10-16)32-2)15-25(23)33-24-11-17(6-8-21(24)26(29)31)20-9-7-18(27)12-22(20)28/h3-12,23,25H,13-15H2,1-2H3. The van der Waals surface area contributed by atoms with Crippen molar-refractivity contribution in [1.29, 1.82) is 0 Å². The number of hydrogen-bond acceptors (Lipinski definition) is 4. The van der Waals surface area contributed by atoms with Crippen LogP contribution >= 0.6 is 0 Å². The van der Waals surface area contributed by atoms with Gasteiger partial charge in [-0.2, -0.15) is 0 Å². The van der Waals surface area contributed by atoms with Crippen LogP contribution in [0.2, 0.25) is 0 Å². The second-order valence-electron chi connectivity index (χ2n) is 8.52. The number of nitrogens with zero attached hydrogens (tertiary/aromatic N) is 2. The average Bonchev–Trinajstić information content (AvgIpc) is 3.16. The van der Waals surface area contributed by atoms with E-state index < -0.39 is 11.6 Å². The Balaban J connectivity index is 1.41. The number of methoxy groups -OCH3 is 1. The van der Waals surface area contributed by atoms with E-state index in [-0.39, 0.29) is 23.6 Å². The van der Waals surface area contributed by atoms with Crippen LogP contribution in [0.25, 0.3) is 11.1 Å². The number of halogens is 2. The Hall–Kier alpha value is -3.45. The van der Waals surface area contributed by atoms with E-state index in [0.29, 0.717) is 36.5 Å². The molecule has 170 valence electrons. The van der Waals surface area contributed by atoms with Gasteiger partial charge in [0.2, 0.25) is 0 Å². The Morgan fingerprint density at radius 1 is 1.03 bits per heavy atom. The van der Waals surface area contributed by atoms with Gasteiger partial charge in [0, 0.05) is 38.3 Å². The molecule has 5 rings (SSSR count). The van der Waals surface area contributed by atoms with Crippen LogP contribution in [0.1, 0.15) is 15.9 Å². The fourth-order valence-corrected chi connectivity index (χ4v) is 4.67. The molecule has 1 amide bonds. The number of rotatable bonds is 4. The highest BCUT2D eigenvalue weighted by Crippen LogP contribution is 2.35. The van der Waals surface area contributed by atoms with Crippen molar-refractivity contribution in [2.24, 2.45) is 0 Å². The molecule has 1 fully saturated rings. The average molecular weight is 450 g/mol. The Bertz CT molecular complexity index is 1220. The summed E-state index contributed by atoms with van der Waals surface area (Å²) in [6.07, 6.45) is -0.223. The molecule has 3 aromatic rings.